The Morgan fingerprint density at radius 1 is 1.21 bits per heavy atom. The Balaban J connectivity index is 1.68. The summed E-state index contributed by atoms with van der Waals surface area (Å²) in [4.78, 5) is 16.9. The van der Waals surface area contributed by atoms with Gasteiger partial charge in [0.25, 0.3) is 5.91 Å². The van der Waals surface area contributed by atoms with Crippen molar-refractivity contribution in [3.63, 3.8) is 0 Å². The number of carbonyl (C=O) groups excluding carboxylic acids is 1. The SMILES string of the molecule is Cc1ccc2c(c1)c(C)c(C(=O)NCCCc1ccccn1)n2C. The van der Waals surface area contributed by atoms with E-state index < -0.39 is 0 Å². The molecule has 1 aromatic carbocycles. The minimum atomic E-state index is -0.00938. The van der Waals surface area contributed by atoms with Gasteiger partial charge in [-0.25, -0.2) is 0 Å². The molecule has 3 aromatic rings. The van der Waals surface area contributed by atoms with Crippen LogP contribution in [0.2, 0.25) is 0 Å². The van der Waals surface area contributed by atoms with Crippen molar-refractivity contribution in [3.05, 3.63) is 65.1 Å². The van der Waals surface area contributed by atoms with Crippen LogP contribution >= 0.6 is 0 Å². The van der Waals surface area contributed by atoms with Gasteiger partial charge >= 0.3 is 0 Å². The molecule has 2 heterocycles. The van der Waals surface area contributed by atoms with E-state index >= 15 is 0 Å². The van der Waals surface area contributed by atoms with Gasteiger partial charge in [-0.05, 0) is 56.5 Å². The standard InChI is InChI=1S/C20H23N3O/c1-14-9-10-18-17(13-14)15(2)19(23(18)3)20(24)22-12-6-8-16-7-4-5-11-21-16/h4-5,7,9-11,13H,6,8,12H2,1-3H3,(H,22,24). The number of hydrogen-bond donors (Lipinski definition) is 1. The number of hydrogen-bond acceptors (Lipinski definition) is 2. The molecule has 3 rings (SSSR count). The first-order valence-electron chi connectivity index (χ1n) is 8.31. The second-order valence-corrected chi connectivity index (χ2v) is 6.23. The summed E-state index contributed by atoms with van der Waals surface area (Å²) in [6.45, 7) is 4.74. The summed E-state index contributed by atoms with van der Waals surface area (Å²) >= 11 is 0. The molecule has 4 nitrogen and oxygen atoms in total. The van der Waals surface area contributed by atoms with E-state index in [-0.39, 0.29) is 5.91 Å². The van der Waals surface area contributed by atoms with E-state index in [0.29, 0.717) is 6.54 Å². The Morgan fingerprint density at radius 3 is 2.79 bits per heavy atom. The molecule has 2 aromatic heterocycles. The molecule has 4 heteroatoms. The van der Waals surface area contributed by atoms with Gasteiger partial charge in [-0.2, -0.15) is 0 Å². The summed E-state index contributed by atoms with van der Waals surface area (Å²) in [7, 11) is 1.95. The number of aromatic nitrogens is 2. The maximum atomic E-state index is 12.6. The van der Waals surface area contributed by atoms with Gasteiger partial charge in [-0.1, -0.05) is 17.7 Å². The zero-order valence-electron chi connectivity index (χ0n) is 14.5. The predicted octanol–water partition coefficient (Wildman–Crippen LogP) is 3.55. The third-order valence-corrected chi connectivity index (χ3v) is 4.44. The van der Waals surface area contributed by atoms with Crippen LogP contribution in [0.3, 0.4) is 0 Å². The van der Waals surface area contributed by atoms with Gasteiger partial charge in [0.1, 0.15) is 5.69 Å². The summed E-state index contributed by atoms with van der Waals surface area (Å²) in [6, 6.07) is 12.2. The molecule has 0 radical (unpaired) electrons. The summed E-state index contributed by atoms with van der Waals surface area (Å²) < 4.78 is 1.98. The molecule has 0 aliphatic heterocycles. The molecule has 0 spiro atoms. The van der Waals surface area contributed by atoms with Gasteiger partial charge < -0.3 is 9.88 Å². The van der Waals surface area contributed by atoms with E-state index in [2.05, 4.69) is 35.4 Å². The Hall–Kier alpha value is -2.62. The fourth-order valence-corrected chi connectivity index (χ4v) is 3.17. The quantitative estimate of drug-likeness (QED) is 0.731. The zero-order valence-corrected chi connectivity index (χ0v) is 14.5. The van der Waals surface area contributed by atoms with Gasteiger partial charge in [0.05, 0.1) is 0 Å². The molecular formula is C20H23N3O. The first-order valence-corrected chi connectivity index (χ1v) is 8.31. The molecule has 0 saturated heterocycles. The predicted molar refractivity (Wildman–Crippen MR) is 97.3 cm³/mol. The molecule has 0 bridgehead atoms. The largest absolute Gasteiger partial charge is 0.351 e. The number of nitrogens with one attached hydrogen (secondary N) is 1. The van der Waals surface area contributed by atoms with Gasteiger partial charge in [0, 0.05) is 36.4 Å². The Bertz CT molecular complexity index is 865. The topological polar surface area (TPSA) is 46.9 Å². The Labute approximate surface area is 142 Å². The lowest BCUT2D eigenvalue weighted by Crippen LogP contribution is -2.27. The van der Waals surface area contributed by atoms with Crippen LogP contribution in [0.25, 0.3) is 10.9 Å². The van der Waals surface area contributed by atoms with E-state index in [1.807, 2.05) is 36.7 Å². The smallest absolute Gasteiger partial charge is 0.268 e. The number of aryl methyl sites for hydroxylation is 4. The molecule has 0 aliphatic carbocycles. The molecule has 0 saturated carbocycles. The molecule has 0 aliphatic rings. The van der Waals surface area contributed by atoms with Crippen LogP contribution in [-0.2, 0) is 13.5 Å². The average Bonchev–Trinajstić information content (AvgIpc) is 2.83. The van der Waals surface area contributed by atoms with Crippen molar-refractivity contribution in [1.82, 2.24) is 14.9 Å². The van der Waals surface area contributed by atoms with Crippen molar-refractivity contribution in [3.8, 4) is 0 Å². The molecule has 1 N–H and O–H groups in total. The second-order valence-electron chi connectivity index (χ2n) is 6.23. The lowest BCUT2D eigenvalue weighted by Gasteiger charge is -2.07. The highest BCUT2D eigenvalue weighted by atomic mass is 16.1. The van der Waals surface area contributed by atoms with Gasteiger partial charge in [-0.15, -0.1) is 0 Å². The van der Waals surface area contributed by atoms with Crippen molar-refractivity contribution < 1.29 is 4.79 Å². The third-order valence-electron chi connectivity index (χ3n) is 4.44. The van der Waals surface area contributed by atoms with Crippen LogP contribution in [0.4, 0.5) is 0 Å². The first kappa shape index (κ1) is 16.2. The summed E-state index contributed by atoms with van der Waals surface area (Å²) in [5.74, 6) is -0.00938. The Morgan fingerprint density at radius 2 is 2.04 bits per heavy atom. The first-order chi connectivity index (χ1) is 11.6. The maximum absolute atomic E-state index is 12.6. The zero-order chi connectivity index (χ0) is 17.1. The Kier molecular flexibility index (Phi) is 4.65. The lowest BCUT2D eigenvalue weighted by atomic mass is 10.1. The van der Waals surface area contributed by atoms with Gasteiger partial charge in [0.2, 0.25) is 0 Å². The molecule has 24 heavy (non-hydrogen) atoms. The van der Waals surface area contributed by atoms with Crippen LogP contribution in [0.15, 0.2) is 42.6 Å². The number of amides is 1. The number of rotatable bonds is 5. The van der Waals surface area contributed by atoms with Crippen molar-refractivity contribution >= 4 is 16.8 Å². The van der Waals surface area contributed by atoms with Crippen LogP contribution in [0, 0.1) is 13.8 Å². The van der Waals surface area contributed by atoms with Crippen molar-refractivity contribution in [1.29, 1.82) is 0 Å². The van der Waals surface area contributed by atoms with E-state index in [1.165, 1.54) is 5.56 Å². The lowest BCUT2D eigenvalue weighted by molar-refractivity contribution is 0.0945. The average molecular weight is 321 g/mol. The van der Waals surface area contributed by atoms with Crippen LogP contribution in [-0.4, -0.2) is 22.0 Å². The molecule has 0 atom stereocenters. The highest BCUT2D eigenvalue weighted by Gasteiger charge is 2.17. The second kappa shape index (κ2) is 6.87. The van der Waals surface area contributed by atoms with Crippen LogP contribution in [0.5, 0.6) is 0 Å². The minimum absolute atomic E-state index is 0.00938. The van der Waals surface area contributed by atoms with Gasteiger partial charge in [-0.3, -0.25) is 9.78 Å². The molecule has 0 unspecified atom stereocenters. The van der Waals surface area contributed by atoms with Crippen molar-refractivity contribution in [2.24, 2.45) is 7.05 Å². The van der Waals surface area contributed by atoms with Crippen molar-refractivity contribution in [2.75, 3.05) is 6.54 Å². The molecule has 124 valence electrons. The maximum Gasteiger partial charge on any atom is 0.268 e. The van der Waals surface area contributed by atoms with Gasteiger partial charge in [0.15, 0.2) is 0 Å². The number of nitrogens with zero attached hydrogens (tertiary/aromatic N) is 2. The normalized spacial score (nSPS) is 11.0. The monoisotopic (exact) mass is 321 g/mol. The highest BCUT2D eigenvalue weighted by molar-refractivity contribution is 6.01. The number of fused-ring (bicyclic) bond motifs is 1. The number of carbonyl (C=O) groups is 1. The molecule has 1 amide bonds. The van der Waals surface area contributed by atoms with E-state index in [9.17, 15) is 4.79 Å². The molecule has 0 fully saturated rings. The minimum Gasteiger partial charge on any atom is -0.351 e. The summed E-state index contributed by atoms with van der Waals surface area (Å²) in [5, 5.41) is 4.19. The van der Waals surface area contributed by atoms with E-state index in [0.717, 1.165) is 40.7 Å². The molecular weight excluding hydrogens is 298 g/mol. The van der Waals surface area contributed by atoms with E-state index in [4.69, 9.17) is 0 Å². The fraction of sp³-hybridized carbons (Fsp3) is 0.300. The third kappa shape index (κ3) is 3.18. The summed E-state index contributed by atoms with van der Waals surface area (Å²) in [6.07, 6.45) is 3.55. The van der Waals surface area contributed by atoms with Crippen molar-refractivity contribution in [2.45, 2.75) is 26.7 Å². The van der Waals surface area contributed by atoms with Crippen LogP contribution < -0.4 is 5.32 Å². The van der Waals surface area contributed by atoms with E-state index in [1.54, 1.807) is 6.20 Å². The number of benzene rings is 1. The van der Waals surface area contributed by atoms with Crippen LogP contribution in [0.1, 0.15) is 33.7 Å². The highest BCUT2D eigenvalue weighted by Crippen LogP contribution is 2.25. The number of pyridine rings is 1. The summed E-state index contributed by atoms with van der Waals surface area (Å²) in [5.41, 5.74) is 5.14. The fourth-order valence-electron chi connectivity index (χ4n) is 3.17.